The highest BCUT2D eigenvalue weighted by Gasteiger charge is 2.46. The molecule has 0 aliphatic heterocycles. The smallest absolute Gasteiger partial charge is 0.248 e. The molecule has 2 heterocycles. The zero-order valence-electron chi connectivity index (χ0n) is 14.4. The average Bonchev–Trinajstić information content (AvgIpc) is 2.98. The average molecular weight is 393 g/mol. The predicted octanol–water partition coefficient (Wildman–Crippen LogP) is 2.50. The summed E-state index contributed by atoms with van der Waals surface area (Å²) in [5.74, 6) is -3.33. The molecule has 0 bridgehead atoms. The molecule has 0 unspecified atom stereocenters. The summed E-state index contributed by atoms with van der Waals surface area (Å²) in [4.78, 5) is 8.17. The summed E-state index contributed by atoms with van der Waals surface area (Å²) in [6.07, 6.45) is 2.08. The largest absolute Gasteiger partial charge is 0.381 e. The van der Waals surface area contributed by atoms with Crippen LogP contribution >= 0.6 is 0 Å². The second-order valence-electron chi connectivity index (χ2n) is 6.91. The van der Waals surface area contributed by atoms with Gasteiger partial charge in [-0.1, -0.05) is 6.07 Å². The van der Waals surface area contributed by atoms with E-state index in [0.29, 0.717) is 16.9 Å². The standard InChI is InChI=1S/C17H17F2N5O2S/c1-10-2-3-12(27(25,26)8-11-5-17(18,19)6-11)4-13(10)14-7-21-16-15(20)22-9-23-24(14)16/h2-4,7,9,11H,5-6,8H2,1H3,(H2,20,22,23). The van der Waals surface area contributed by atoms with E-state index in [1.807, 2.05) is 6.92 Å². The van der Waals surface area contributed by atoms with Gasteiger partial charge in [0.1, 0.15) is 6.33 Å². The van der Waals surface area contributed by atoms with Crippen LogP contribution in [0.5, 0.6) is 0 Å². The van der Waals surface area contributed by atoms with E-state index in [1.54, 1.807) is 12.3 Å². The van der Waals surface area contributed by atoms with Gasteiger partial charge in [-0.15, -0.1) is 0 Å². The molecule has 142 valence electrons. The van der Waals surface area contributed by atoms with Crippen LogP contribution in [0.3, 0.4) is 0 Å². The normalized spacial score (nSPS) is 17.1. The van der Waals surface area contributed by atoms with Gasteiger partial charge in [-0.2, -0.15) is 5.10 Å². The zero-order chi connectivity index (χ0) is 19.4. The second-order valence-corrected chi connectivity index (χ2v) is 8.95. The van der Waals surface area contributed by atoms with Gasteiger partial charge in [-0.25, -0.2) is 31.7 Å². The van der Waals surface area contributed by atoms with Crippen molar-refractivity contribution in [3.05, 3.63) is 36.3 Å². The molecule has 27 heavy (non-hydrogen) atoms. The van der Waals surface area contributed by atoms with Gasteiger partial charge in [-0.3, -0.25) is 0 Å². The molecule has 2 N–H and O–H groups in total. The summed E-state index contributed by atoms with van der Waals surface area (Å²) in [6.45, 7) is 1.84. The number of nitrogen functional groups attached to an aromatic ring is 1. The van der Waals surface area contributed by atoms with Crippen molar-refractivity contribution in [1.82, 2.24) is 19.6 Å². The number of nitrogens with zero attached hydrogens (tertiary/aromatic N) is 4. The van der Waals surface area contributed by atoms with Gasteiger partial charge >= 0.3 is 0 Å². The first-order valence-electron chi connectivity index (χ1n) is 8.32. The van der Waals surface area contributed by atoms with Crippen molar-refractivity contribution in [2.24, 2.45) is 5.92 Å². The predicted molar refractivity (Wildman–Crippen MR) is 95.1 cm³/mol. The molecule has 0 atom stereocenters. The number of aryl methyl sites for hydroxylation is 1. The van der Waals surface area contributed by atoms with Gasteiger partial charge in [-0.05, 0) is 30.5 Å². The minimum atomic E-state index is -3.68. The number of nitrogens with two attached hydrogens (primary N) is 1. The number of benzene rings is 1. The van der Waals surface area contributed by atoms with Crippen molar-refractivity contribution in [3.63, 3.8) is 0 Å². The summed E-state index contributed by atoms with van der Waals surface area (Å²) in [5, 5.41) is 4.13. The summed E-state index contributed by atoms with van der Waals surface area (Å²) in [7, 11) is -3.68. The van der Waals surface area contributed by atoms with Gasteiger partial charge < -0.3 is 5.73 Å². The van der Waals surface area contributed by atoms with Crippen molar-refractivity contribution in [2.45, 2.75) is 30.6 Å². The van der Waals surface area contributed by atoms with E-state index < -0.39 is 21.7 Å². The number of hydrogen-bond donors (Lipinski definition) is 1. The van der Waals surface area contributed by atoms with Gasteiger partial charge in [0, 0.05) is 18.4 Å². The molecule has 0 saturated heterocycles. The Bertz CT molecular complexity index is 1140. The number of rotatable bonds is 4. The molecule has 0 amide bonds. The van der Waals surface area contributed by atoms with Crippen molar-refractivity contribution in [3.8, 4) is 11.3 Å². The Morgan fingerprint density at radius 2 is 2.04 bits per heavy atom. The molecule has 0 radical (unpaired) electrons. The second kappa shape index (κ2) is 5.95. The van der Waals surface area contributed by atoms with Crippen LogP contribution in [0.1, 0.15) is 18.4 Å². The summed E-state index contributed by atoms with van der Waals surface area (Å²) in [5.41, 5.74) is 8.18. The topological polar surface area (TPSA) is 103 Å². The molecule has 4 rings (SSSR count). The van der Waals surface area contributed by atoms with Crippen LogP contribution in [-0.4, -0.2) is 39.7 Å². The van der Waals surface area contributed by atoms with Crippen molar-refractivity contribution < 1.29 is 17.2 Å². The van der Waals surface area contributed by atoms with E-state index in [-0.39, 0.29) is 29.3 Å². The molecule has 0 spiro atoms. The van der Waals surface area contributed by atoms with Crippen molar-refractivity contribution in [2.75, 3.05) is 11.5 Å². The van der Waals surface area contributed by atoms with Crippen LogP contribution in [0.25, 0.3) is 16.9 Å². The zero-order valence-corrected chi connectivity index (χ0v) is 15.2. The summed E-state index contributed by atoms with van der Waals surface area (Å²) in [6, 6.07) is 4.71. The van der Waals surface area contributed by atoms with Crippen LogP contribution in [-0.2, 0) is 9.84 Å². The first kappa shape index (κ1) is 17.8. The van der Waals surface area contributed by atoms with Gasteiger partial charge in [0.2, 0.25) is 5.92 Å². The highest BCUT2D eigenvalue weighted by Crippen LogP contribution is 2.43. The molecule has 1 aliphatic carbocycles. The Labute approximate surface area is 154 Å². The lowest BCUT2D eigenvalue weighted by Crippen LogP contribution is -2.39. The maximum absolute atomic E-state index is 13.0. The molecule has 7 nitrogen and oxygen atoms in total. The van der Waals surface area contributed by atoms with Crippen molar-refractivity contribution >= 4 is 21.3 Å². The van der Waals surface area contributed by atoms with E-state index >= 15 is 0 Å². The molecule has 10 heteroatoms. The molecule has 3 aromatic rings. The Balaban J connectivity index is 1.72. The Kier molecular flexibility index (Phi) is 3.91. The Hall–Kier alpha value is -2.62. The third-order valence-electron chi connectivity index (χ3n) is 4.80. The van der Waals surface area contributed by atoms with E-state index in [2.05, 4.69) is 15.1 Å². The van der Waals surface area contributed by atoms with Crippen LogP contribution < -0.4 is 5.73 Å². The van der Waals surface area contributed by atoms with E-state index in [0.717, 1.165) is 5.56 Å². The number of halogens is 2. The maximum Gasteiger partial charge on any atom is 0.248 e. The Morgan fingerprint density at radius 3 is 2.74 bits per heavy atom. The highest BCUT2D eigenvalue weighted by molar-refractivity contribution is 7.91. The fourth-order valence-electron chi connectivity index (χ4n) is 3.40. The fourth-order valence-corrected chi connectivity index (χ4v) is 5.02. The van der Waals surface area contributed by atoms with Gasteiger partial charge in [0.05, 0.1) is 22.5 Å². The Morgan fingerprint density at radius 1 is 1.30 bits per heavy atom. The fraction of sp³-hybridized carbons (Fsp3) is 0.353. The number of sulfone groups is 1. The third kappa shape index (κ3) is 3.14. The van der Waals surface area contributed by atoms with Crippen LogP contribution in [0.2, 0.25) is 0 Å². The number of imidazole rings is 1. The highest BCUT2D eigenvalue weighted by atomic mass is 32.2. The lowest BCUT2D eigenvalue weighted by Gasteiger charge is -2.34. The maximum atomic E-state index is 13.0. The first-order chi connectivity index (χ1) is 12.7. The summed E-state index contributed by atoms with van der Waals surface area (Å²) < 4.78 is 52.9. The molecule has 1 fully saturated rings. The van der Waals surface area contributed by atoms with Gasteiger partial charge in [0.25, 0.3) is 0 Å². The van der Waals surface area contributed by atoms with E-state index in [1.165, 1.54) is 23.0 Å². The molecular weight excluding hydrogens is 376 g/mol. The lowest BCUT2D eigenvalue weighted by atomic mass is 9.83. The SMILES string of the molecule is Cc1ccc(S(=O)(=O)CC2CC(F)(F)C2)cc1-c1cnc2c(N)ncnn12. The van der Waals surface area contributed by atoms with Crippen LogP contribution in [0.4, 0.5) is 14.6 Å². The minimum absolute atomic E-state index is 0.0929. The minimum Gasteiger partial charge on any atom is -0.381 e. The monoisotopic (exact) mass is 393 g/mol. The number of hydrogen-bond acceptors (Lipinski definition) is 6. The quantitative estimate of drug-likeness (QED) is 0.730. The molecule has 2 aromatic heterocycles. The van der Waals surface area contributed by atoms with Crippen molar-refractivity contribution in [1.29, 1.82) is 0 Å². The number of anilines is 1. The molecular formula is C17H17F2N5O2S. The number of fused-ring (bicyclic) bond motifs is 1. The number of aromatic nitrogens is 4. The van der Waals surface area contributed by atoms with E-state index in [9.17, 15) is 17.2 Å². The van der Waals surface area contributed by atoms with Crippen LogP contribution in [0, 0.1) is 12.8 Å². The molecule has 1 aromatic carbocycles. The molecule has 1 aliphatic rings. The third-order valence-corrected chi connectivity index (χ3v) is 6.69. The lowest BCUT2D eigenvalue weighted by molar-refractivity contribution is -0.103. The van der Waals surface area contributed by atoms with Gasteiger partial charge in [0.15, 0.2) is 21.3 Å². The van der Waals surface area contributed by atoms with Crippen LogP contribution in [0.15, 0.2) is 35.6 Å². The molecule has 1 saturated carbocycles. The summed E-state index contributed by atoms with van der Waals surface area (Å²) >= 11 is 0. The van der Waals surface area contributed by atoms with E-state index in [4.69, 9.17) is 5.73 Å². The number of alkyl halides is 2. The first-order valence-corrected chi connectivity index (χ1v) is 9.97.